The molecule has 1 fully saturated rings. The second-order valence-corrected chi connectivity index (χ2v) is 11.1. The number of thiocarbonyl (C=S) groups is 1. The van der Waals surface area contributed by atoms with Crippen LogP contribution in [0, 0.1) is 11.3 Å². The molecule has 8 nitrogen and oxygen atoms in total. The van der Waals surface area contributed by atoms with Gasteiger partial charge in [0.25, 0.3) is 11.8 Å². The average molecular weight is 607 g/mol. The minimum Gasteiger partial charge on any atom is -0.397 e. The third kappa shape index (κ3) is 5.06. The Morgan fingerprint density at radius 3 is 2.52 bits per heavy atom. The fraction of sp³-hybridized carbons (Fsp3) is 0.138. The van der Waals surface area contributed by atoms with Crippen molar-refractivity contribution in [1.29, 1.82) is 5.26 Å². The predicted molar refractivity (Wildman–Crippen MR) is 159 cm³/mol. The number of nitrogens with two attached hydrogens (primary N) is 1. The number of pyridine rings is 1. The highest BCUT2D eigenvalue weighted by molar-refractivity contribution is 7.81. The van der Waals surface area contributed by atoms with Gasteiger partial charge in [-0.05, 0) is 85.5 Å². The fourth-order valence-electron chi connectivity index (χ4n) is 4.52. The molecule has 2 amide bonds. The Morgan fingerprint density at radius 1 is 1.14 bits per heavy atom. The van der Waals surface area contributed by atoms with Crippen molar-refractivity contribution in [1.82, 2.24) is 4.98 Å². The molecule has 1 saturated heterocycles. The normalized spacial score (nSPS) is 14.7. The zero-order valence-corrected chi connectivity index (χ0v) is 23.7. The molecular weight excluding hydrogens is 585 g/mol. The van der Waals surface area contributed by atoms with Gasteiger partial charge in [0.1, 0.15) is 11.4 Å². The average Bonchev–Trinajstić information content (AvgIpc) is 3.54. The number of benzene rings is 2. The van der Waals surface area contributed by atoms with E-state index in [9.17, 15) is 22.8 Å². The number of hydrogen-bond donors (Lipinski definition) is 2. The highest BCUT2D eigenvalue weighted by atomic mass is 32.1. The zero-order valence-electron chi connectivity index (χ0n) is 22.1. The summed E-state index contributed by atoms with van der Waals surface area (Å²) in [6, 6.07) is 16.7. The number of nitrogens with zero attached hydrogens (tertiary/aromatic N) is 4. The molecule has 13 heteroatoms. The van der Waals surface area contributed by atoms with E-state index in [2.05, 4.69) is 10.3 Å². The van der Waals surface area contributed by atoms with Gasteiger partial charge in [-0.15, -0.1) is 11.3 Å². The summed E-state index contributed by atoms with van der Waals surface area (Å²) in [5, 5.41) is 13.7. The number of nitriles is 1. The van der Waals surface area contributed by atoms with Crippen LogP contribution in [0.2, 0.25) is 0 Å². The number of anilines is 4. The van der Waals surface area contributed by atoms with Crippen molar-refractivity contribution < 1.29 is 22.8 Å². The molecule has 2 aromatic carbocycles. The summed E-state index contributed by atoms with van der Waals surface area (Å²) in [6.07, 6.45) is -3.51. The lowest BCUT2D eigenvalue weighted by atomic mass is 10.0. The molecule has 1 aliphatic heterocycles. The Labute approximate surface area is 247 Å². The van der Waals surface area contributed by atoms with Crippen LogP contribution in [-0.4, -0.2) is 27.4 Å². The van der Waals surface area contributed by atoms with Gasteiger partial charge < -0.3 is 11.1 Å². The van der Waals surface area contributed by atoms with E-state index in [1.807, 2.05) is 23.6 Å². The molecule has 0 radical (unpaired) electrons. The molecule has 4 aromatic rings. The summed E-state index contributed by atoms with van der Waals surface area (Å²) in [4.78, 5) is 34.2. The minimum atomic E-state index is -4.81. The molecule has 42 heavy (non-hydrogen) atoms. The smallest absolute Gasteiger partial charge is 0.397 e. The van der Waals surface area contributed by atoms with E-state index in [-0.39, 0.29) is 22.2 Å². The molecule has 5 rings (SSSR count). The topological polar surface area (TPSA) is 115 Å². The van der Waals surface area contributed by atoms with Crippen LogP contribution >= 0.6 is 23.6 Å². The Balaban J connectivity index is 1.40. The first-order chi connectivity index (χ1) is 19.8. The number of thiophene rings is 1. The second kappa shape index (κ2) is 10.6. The predicted octanol–water partition coefficient (Wildman–Crippen LogP) is 6.45. The van der Waals surface area contributed by atoms with Gasteiger partial charge in [0.05, 0.1) is 39.8 Å². The Kier molecular flexibility index (Phi) is 7.21. The van der Waals surface area contributed by atoms with E-state index in [1.54, 1.807) is 37.3 Å². The first-order valence-electron chi connectivity index (χ1n) is 12.3. The molecule has 0 saturated carbocycles. The van der Waals surface area contributed by atoms with Crippen LogP contribution in [0.15, 0.2) is 72.2 Å². The molecule has 0 aliphatic carbocycles. The fourth-order valence-corrected chi connectivity index (χ4v) is 5.75. The number of nitrogen functional groups attached to an aromatic ring is 1. The molecule has 1 aliphatic rings. The number of amides is 2. The summed E-state index contributed by atoms with van der Waals surface area (Å²) >= 11 is 7.09. The number of carbonyl (C=O) groups excluding carboxylic acids is 2. The van der Waals surface area contributed by atoms with Crippen molar-refractivity contribution in [2.45, 2.75) is 25.6 Å². The molecular formula is C29H21F3N6O2S2. The maximum atomic E-state index is 13.6. The maximum absolute atomic E-state index is 13.6. The molecule has 0 spiro atoms. The quantitative estimate of drug-likeness (QED) is 0.198. The Bertz CT molecular complexity index is 1760. The van der Waals surface area contributed by atoms with E-state index in [4.69, 9.17) is 23.2 Å². The van der Waals surface area contributed by atoms with Crippen LogP contribution < -0.4 is 20.9 Å². The lowest BCUT2D eigenvalue weighted by Gasteiger charge is -2.28. The van der Waals surface area contributed by atoms with Gasteiger partial charge in [-0.2, -0.15) is 18.4 Å². The highest BCUT2D eigenvalue weighted by Gasteiger charge is 2.51. The number of aromatic nitrogens is 1. The van der Waals surface area contributed by atoms with Crippen molar-refractivity contribution in [2.75, 3.05) is 20.9 Å². The number of rotatable bonds is 5. The second-order valence-electron chi connectivity index (χ2n) is 9.80. The van der Waals surface area contributed by atoms with E-state index < -0.39 is 34.7 Å². The van der Waals surface area contributed by atoms with Gasteiger partial charge >= 0.3 is 6.18 Å². The number of alkyl halides is 3. The number of halogens is 3. The standard InChI is InChI=1S/C29H21F3N6O2S2/c1-28(2)26(40)37(19-8-5-17(14-33)20(13-19)29(30,31)32)27(41)38(28)24-10-7-18(15-35-24)25(39)36-22-12-16(6-9-21(22)34)23-4-3-11-42-23/h3-13,15H,34H2,1-2H3,(H,36,39). The molecule has 2 aromatic heterocycles. The lowest BCUT2D eigenvalue weighted by molar-refractivity contribution is -0.137. The largest absolute Gasteiger partial charge is 0.417 e. The molecule has 3 N–H and O–H groups in total. The van der Waals surface area contributed by atoms with Crippen LogP contribution in [0.3, 0.4) is 0 Å². The molecule has 3 heterocycles. The van der Waals surface area contributed by atoms with E-state index in [1.165, 1.54) is 35.4 Å². The highest BCUT2D eigenvalue weighted by Crippen LogP contribution is 2.39. The van der Waals surface area contributed by atoms with Crippen LogP contribution in [0.1, 0.15) is 35.3 Å². The first-order valence-corrected chi connectivity index (χ1v) is 13.6. The Morgan fingerprint density at radius 2 is 1.90 bits per heavy atom. The third-order valence-corrected chi connectivity index (χ3v) is 7.99. The monoisotopic (exact) mass is 606 g/mol. The van der Waals surface area contributed by atoms with E-state index in [0.29, 0.717) is 11.4 Å². The van der Waals surface area contributed by atoms with Gasteiger partial charge in [-0.25, -0.2) is 4.98 Å². The zero-order chi connectivity index (χ0) is 30.4. The van der Waals surface area contributed by atoms with Gasteiger partial charge in [0.2, 0.25) is 0 Å². The van der Waals surface area contributed by atoms with E-state index in [0.717, 1.165) is 27.5 Å². The summed E-state index contributed by atoms with van der Waals surface area (Å²) in [5.41, 5.74) is 4.78. The maximum Gasteiger partial charge on any atom is 0.417 e. The van der Waals surface area contributed by atoms with Gasteiger partial charge in [-0.1, -0.05) is 12.1 Å². The van der Waals surface area contributed by atoms with Crippen LogP contribution in [-0.2, 0) is 11.0 Å². The minimum absolute atomic E-state index is 0.106. The van der Waals surface area contributed by atoms with Crippen LogP contribution in [0.4, 0.5) is 36.1 Å². The van der Waals surface area contributed by atoms with E-state index >= 15 is 0 Å². The molecule has 212 valence electrons. The summed E-state index contributed by atoms with van der Waals surface area (Å²) in [5.74, 6) is -0.848. The van der Waals surface area contributed by atoms with Crippen molar-refractivity contribution in [2.24, 2.45) is 0 Å². The van der Waals surface area contributed by atoms with Gasteiger partial charge in [0, 0.05) is 11.1 Å². The summed E-state index contributed by atoms with van der Waals surface area (Å²) in [6.45, 7) is 3.11. The van der Waals surface area contributed by atoms with Crippen molar-refractivity contribution in [3.05, 3.63) is 88.9 Å². The van der Waals surface area contributed by atoms with Crippen molar-refractivity contribution in [3.63, 3.8) is 0 Å². The Hall–Kier alpha value is -4.80. The van der Waals surface area contributed by atoms with Crippen LogP contribution in [0.25, 0.3) is 10.4 Å². The van der Waals surface area contributed by atoms with Crippen LogP contribution in [0.5, 0.6) is 0 Å². The number of nitrogens with one attached hydrogen (secondary N) is 1. The number of hydrogen-bond acceptors (Lipinski definition) is 7. The third-order valence-electron chi connectivity index (χ3n) is 6.70. The van der Waals surface area contributed by atoms with Crippen molar-refractivity contribution >= 4 is 63.4 Å². The summed E-state index contributed by atoms with van der Waals surface area (Å²) in [7, 11) is 0. The van der Waals surface area contributed by atoms with Crippen molar-refractivity contribution in [3.8, 4) is 16.5 Å². The van der Waals surface area contributed by atoms with Gasteiger partial charge in [0.15, 0.2) is 5.11 Å². The first kappa shape index (κ1) is 28.7. The molecule has 0 unspecified atom stereocenters. The SMILES string of the molecule is CC1(C)C(=O)N(c2ccc(C#N)c(C(F)(F)F)c2)C(=S)N1c1ccc(C(=O)Nc2cc(-c3cccs3)ccc2N)cn1. The molecule has 0 bridgehead atoms. The lowest BCUT2D eigenvalue weighted by Crippen LogP contribution is -2.44. The number of carbonyl (C=O) groups is 2. The molecule has 0 atom stereocenters. The summed E-state index contributed by atoms with van der Waals surface area (Å²) < 4.78 is 40.8. The van der Waals surface area contributed by atoms with Gasteiger partial charge in [-0.3, -0.25) is 19.4 Å².